The van der Waals surface area contributed by atoms with Crippen LogP contribution in [0.3, 0.4) is 0 Å². The molecule has 0 saturated heterocycles. The lowest BCUT2D eigenvalue weighted by atomic mass is 10.2. The zero-order valence-electron chi connectivity index (χ0n) is 11.1. The van der Waals surface area contributed by atoms with Gasteiger partial charge in [0.2, 0.25) is 5.91 Å². The summed E-state index contributed by atoms with van der Waals surface area (Å²) < 4.78 is 0. The van der Waals surface area contributed by atoms with Gasteiger partial charge in [0.1, 0.15) is 0 Å². The minimum Gasteiger partial charge on any atom is -0.356 e. The van der Waals surface area contributed by atoms with E-state index in [1.165, 1.54) is 12.5 Å². The fourth-order valence-electron chi connectivity index (χ4n) is 0.932. The van der Waals surface area contributed by atoms with E-state index in [0.717, 1.165) is 6.42 Å². The summed E-state index contributed by atoms with van der Waals surface area (Å²) in [4.78, 5) is 14.4. The van der Waals surface area contributed by atoms with E-state index in [1.807, 2.05) is 39.8 Å². The van der Waals surface area contributed by atoms with Gasteiger partial charge < -0.3 is 5.32 Å². The molecule has 0 fully saturated rings. The monoisotopic (exact) mass is 224 g/mol. The topological polar surface area (TPSA) is 42.0 Å². The lowest BCUT2D eigenvalue weighted by Crippen LogP contribution is -2.22. The van der Waals surface area contributed by atoms with Crippen molar-refractivity contribution in [1.29, 1.82) is 0 Å². The predicted molar refractivity (Wildman–Crippen MR) is 69.3 cm³/mol. The van der Waals surface area contributed by atoms with Crippen LogP contribution in [-0.2, 0) is 11.2 Å². The third kappa shape index (κ3) is 10.7. The van der Waals surface area contributed by atoms with Crippen molar-refractivity contribution in [3.63, 3.8) is 0 Å². The van der Waals surface area contributed by atoms with Crippen LogP contribution in [0.4, 0.5) is 0 Å². The smallest absolute Gasteiger partial charge is 0.216 e. The number of carbonyl (C=O) groups excluding carboxylic acids is 1. The van der Waals surface area contributed by atoms with Crippen molar-refractivity contribution in [2.45, 2.75) is 41.0 Å². The fraction of sp³-hybridized carbons (Fsp3) is 0.538. The Morgan fingerprint density at radius 3 is 2.12 bits per heavy atom. The third-order valence-electron chi connectivity index (χ3n) is 1.54. The van der Waals surface area contributed by atoms with E-state index in [1.54, 1.807) is 12.4 Å². The van der Waals surface area contributed by atoms with Crippen molar-refractivity contribution in [3.05, 3.63) is 30.1 Å². The van der Waals surface area contributed by atoms with Gasteiger partial charge in [-0.1, -0.05) is 27.7 Å². The number of amides is 1. The van der Waals surface area contributed by atoms with Crippen LogP contribution >= 0.6 is 0 Å². The van der Waals surface area contributed by atoms with Gasteiger partial charge in [0, 0.05) is 25.9 Å². The molecule has 1 N–H and O–H groups in total. The van der Waals surface area contributed by atoms with E-state index < -0.39 is 0 Å². The molecule has 0 aliphatic rings. The number of nitrogens with one attached hydrogen (secondary N) is 1. The number of carbonyl (C=O) groups is 1. The zero-order valence-corrected chi connectivity index (χ0v) is 11.1. The maximum absolute atomic E-state index is 10.5. The summed E-state index contributed by atoms with van der Waals surface area (Å²) in [5, 5.41) is 2.73. The Morgan fingerprint density at radius 2 is 1.69 bits per heavy atom. The standard InChI is InChI=1S/C9H12N2O.2C2H6/c1-8(12)11-7-4-9-2-5-10-6-3-9;2*1-2/h2-3,5-6H,4,7H2,1H3,(H,11,12);2*1-2H3. The van der Waals surface area contributed by atoms with Crippen molar-refractivity contribution in [1.82, 2.24) is 10.3 Å². The van der Waals surface area contributed by atoms with Crippen LogP contribution in [0.1, 0.15) is 40.2 Å². The Kier molecular flexibility index (Phi) is 14.5. The molecule has 1 heterocycles. The molecule has 1 rings (SSSR count). The van der Waals surface area contributed by atoms with E-state index in [2.05, 4.69) is 10.3 Å². The lowest BCUT2D eigenvalue weighted by molar-refractivity contribution is -0.118. The van der Waals surface area contributed by atoms with E-state index in [-0.39, 0.29) is 5.91 Å². The molecule has 0 unspecified atom stereocenters. The van der Waals surface area contributed by atoms with Gasteiger partial charge in [-0.05, 0) is 24.1 Å². The first-order chi connectivity index (χ1) is 7.79. The molecule has 3 heteroatoms. The zero-order chi connectivity index (χ0) is 12.8. The van der Waals surface area contributed by atoms with E-state index in [9.17, 15) is 4.79 Å². The summed E-state index contributed by atoms with van der Waals surface area (Å²) >= 11 is 0. The number of aromatic nitrogens is 1. The molecule has 92 valence electrons. The summed E-state index contributed by atoms with van der Waals surface area (Å²) in [5.74, 6) is 0.0176. The Labute approximate surface area is 99.3 Å². The fourth-order valence-corrected chi connectivity index (χ4v) is 0.932. The molecule has 0 spiro atoms. The molecule has 16 heavy (non-hydrogen) atoms. The summed E-state index contributed by atoms with van der Waals surface area (Å²) in [6.07, 6.45) is 4.37. The van der Waals surface area contributed by atoms with Gasteiger partial charge in [0.15, 0.2) is 0 Å². The van der Waals surface area contributed by atoms with Crippen LogP contribution < -0.4 is 5.32 Å². The van der Waals surface area contributed by atoms with Crippen LogP contribution in [0.25, 0.3) is 0 Å². The van der Waals surface area contributed by atoms with Crippen LogP contribution in [-0.4, -0.2) is 17.4 Å². The van der Waals surface area contributed by atoms with Crippen LogP contribution in [0.5, 0.6) is 0 Å². The van der Waals surface area contributed by atoms with Crippen molar-refractivity contribution in [2.24, 2.45) is 0 Å². The normalized spacial score (nSPS) is 7.81. The summed E-state index contributed by atoms with van der Waals surface area (Å²) in [5.41, 5.74) is 1.19. The molecule has 0 atom stereocenters. The van der Waals surface area contributed by atoms with Crippen molar-refractivity contribution >= 4 is 5.91 Å². The number of pyridine rings is 1. The minimum atomic E-state index is 0.0176. The van der Waals surface area contributed by atoms with Crippen LogP contribution in [0.2, 0.25) is 0 Å². The van der Waals surface area contributed by atoms with Crippen molar-refractivity contribution < 1.29 is 4.79 Å². The number of nitrogens with zero attached hydrogens (tertiary/aromatic N) is 1. The summed E-state index contributed by atoms with van der Waals surface area (Å²) in [7, 11) is 0. The molecule has 0 aromatic carbocycles. The average molecular weight is 224 g/mol. The molecule has 3 nitrogen and oxygen atoms in total. The van der Waals surface area contributed by atoms with Gasteiger partial charge in [-0.2, -0.15) is 0 Å². The van der Waals surface area contributed by atoms with Gasteiger partial charge >= 0.3 is 0 Å². The molecule has 0 aliphatic heterocycles. The Morgan fingerprint density at radius 1 is 1.19 bits per heavy atom. The van der Waals surface area contributed by atoms with Crippen molar-refractivity contribution in [3.8, 4) is 0 Å². The molecular weight excluding hydrogens is 200 g/mol. The first-order valence-electron chi connectivity index (χ1n) is 5.92. The van der Waals surface area contributed by atoms with Crippen LogP contribution in [0, 0.1) is 0 Å². The Balaban J connectivity index is 0. The second-order valence-electron chi connectivity index (χ2n) is 2.59. The first-order valence-corrected chi connectivity index (χ1v) is 5.92. The second kappa shape index (κ2) is 13.6. The number of hydrogen-bond acceptors (Lipinski definition) is 2. The maximum Gasteiger partial charge on any atom is 0.216 e. The lowest BCUT2D eigenvalue weighted by Gasteiger charge is -2.00. The highest BCUT2D eigenvalue weighted by molar-refractivity contribution is 5.72. The molecule has 1 aromatic heterocycles. The molecule has 0 radical (unpaired) electrons. The highest BCUT2D eigenvalue weighted by atomic mass is 16.1. The van der Waals surface area contributed by atoms with E-state index >= 15 is 0 Å². The third-order valence-corrected chi connectivity index (χ3v) is 1.54. The Bertz CT molecular complexity index is 247. The second-order valence-corrected chi connectivity index (χ2v) is 2.59. The van der Waals surface area contributed by atoms with Crippen LogP contribution in [0.15, 0.2) is 24.5 Å². The minimum absolute atomic E-state index is 0.0176. The largest absolute Gasteiger partial charge is 0.356 e. The van der Waals surface area contributed by atoms with Gasteiger partial charge in [-0.15, -0.1) is 0 Å². The molecule has 0 saturated carbocycles. The predicted octanol–water partition coefficient (Wildman–Crippen LogP) is 2.81. The van der Waals surface area contributed by atoms with E-state index in [0.29, 0.717) is 6.54 Å². The Hall–Kier alpha value is -1.38. The number of hydrogen-bond donors (Lipinski definition) is 1. The quantitative estimate of drug-likeness (QED) is 0.857. The van der Waals surface area contributed by atoms with Gasteiger partial charge in [0.05, 0.1) is 0 Å². The molecule has 1 aromatic rings. The highest BCUT2D eigenvalue weighted by Gasteiger charge is 1.92. The van der Waals surface area contributed by atoms with Gasteiger partial charge in [-0.25, -0.2) is 0 Å². The molecule has 0 bridgehead atoms. The molecular formula is C13H24N2O. The van der Waals surface area contributed by atoms with E-state index in [4.69, 9.17) is 0 Å². The van der Waals surface area contributed by atoms with Gasteiger partial charge in [-0.3, -0.25) is 9.78 Å². The number of rotatable bonds is 3. The van der Waals surface area contributed by atoms with Gasteiger partial charge in [0.25, 0.3) is 0 Å². The van der Waals surface area contributed by atoms with Crippen molar-refractivity contribution in [2.75, 3.05) is 6.54 Å². The first kappa shape index (κ1) is 17.0. The summed E-state index contributed by atoms with van der Waals surface area (Å²) in [6, 6.07) is 3.89. The SMILES string of the molecule is CC.CC.CC(=O)NCCc1ccncc1. The molecule has 0 aliphatic carbocycles. The average Bonchev–Trinajstić information content (AvgIpc) is 2.35. The maximum atomic E-state index is 10.5. The highest BCUT2D eigenvalue weighted by Crippen LogP contribution is 1.95. The molecule has 1 amide bonds. The summed E-state index contributed by atoms with van der Waals surface area (Å²) in [6.45, 7) is 10.2.